The normalized spacial score (nSPS) is 11.9. The van der Waals surface area contributed by atoms with Gasteiger partial charge in [0.15, 0.2) is 0 Å². The molecule has 2 N–H and O–H groups in total. The third-order valence-corrected chi connectivity index (χ3v) is 4.53. The van der Waals surface area contributed by atoms with Crippen LogP contribution < -0.4 is 10.6 Å². The van der Waals surface area contributed by atoms with Gasteiger partial charge in [-0.15, -0.1) is 5.10 Å². The maximum atomic E-state index is 12.8. The van der Waals surface area contributed by atoms with Crippen molar-refractivity contribution in [2.75, 3.05) is 5.32 Å². The van der Waals surface area contributed by atoms with Crippen LogP contribution in [-0.2, 0) is 16.0 Å². The predicted molar refractivity (Wildman–Crippen MR) is 109 cm³/mol. The van der Waals surface area contributed by atoms with Crippen molar-refractivity contribution in [1.29, 1.82) is 0 Å². The van der Waals surface area contributed by atoms with Gasteiger partial charge in [-0.3, -0.25) is 9.59 Å². The van der Waals surface area contributed by atoms with Crippen LogP contribution in [0.3, 0.4) is 0 Å². The van der Waals surface area contributed by atoms with Crippen molar-refractivity contribution >= 4 is 17.5 Å². The van der Waals surface area contributed by atoms with Gasteiger partial charge in [0.05, 0.1) is 12.1 Å². The first-order chi connectivity index (χ1) is 13.9. The standard InChI is InChI=1S/C21H24N6O2/c1-14(2)20(24-19(28)12-16-7-5-4-6-8-16)21(29)23-17-9-10-18(15(3)11-17)27-13-22-25-26-27/h4-11,13-14,20H,12H2,1-3H3,(H,23,29)(H,24,28). The van der Waals surface area contributed by atoms with Crippen LogP contribution in [0.25, 0.3) is 5.69 Å². The summed E-state index contributed by atoms with van der Waals surface area (Å²) < 4.78 is 1.56. The molecule has 0 saturated heterocycles. The van der Waals surface area contributed by atoms with Gasteiger partial charge in [0, 0.05) is 5.69 Å². The van der Waals surface area contributed by atoms with Crippen molar-refractivity contribution in [2.24, 2.45) is 5.92 Å². The van der Waals surface area contributed by atoms with Crippen molar-refractivity contribution in [3.63, 3.8) is 0 Å². The van der Waals surface area contributed by atoms with Crippen LogP contribution in [0.15, 0.2) is 54.9 Å². The Bertz CT molecular complexity index is 970. The number of nitrogens with zero attached hydrogens (tertiary/aromatic N) is 4. The first kappa shape index (κ1) is 20.2. The van der Waals surface area contributed by atoms with E-state index in [2.05, 4.69) is 26.2 Å². The van der Waals surface area contributed by atoms with E-state index < -0.39 is 6.04 Å². The summed E-state index contributed by atoms with van der Waals surface area (Å²) in [5.74, 6) is -0.498. The van der Waals surface area contributed by atoms with Gasteiger partial charge in [-0.1, -0.05) is 44.2 Å². The Morgan fingerprint density at radius 2 is 1.86 bits per heavy atom. The van der Waals surface area contributed by atoms with Gasteiger partial charge in [-0.05, 0) is 52.6 Å². The van der Waals surface area contributed by atoms with E-state index in [9.17, 15) is 9.59 Å². The number of hydrogen-bond donors (Lipinski definition) is 2. The topological polar surface area (TPSA) is 102 Å². The van der Waals surface area contributed by atoms with Gasteiger partial charge in [-0.25, -0.2) is 4.68 Å². The molecule has 0 aliphatic carbocycles. The number of nitrogens with one attached hydrogen (secondary N) is 2. The molecule has 3 aromatic rings. The monoisotopic (exact) mass is 392 g/mol. The van der Waals surface area contributed by atoms with Crippen molar-refractivity contribution in [3.05, 3.63) is 66.0 Å². The highest BCUT2D eigenvalue weighted by Crippen LogP contribution is 2.18. The zero-order valence-electron chi connectivity index (χ0n) is 16.7. The number of rotatable bonds is 7. The molecule has 0 saturated carbocycles. The zero-order valence-corrected chi connectivity index (χ0v) is 16.7. The number of hydrogen-bond acceptors (Lipinski definition) is 5. The summed E-state index contributed by atoms with van der Waals surface area (Å²) in [5.41, 5.74) is 3.28. The lowest BCUT2D eigenvalue weighted by Crippen LogP contribution is -2.47. The lowest BCUT2D eigenvalue weighted by atomic mass is 10.0. The summed E-state index contributed by atoms with van der Waals surface area (Å²) in [6.45, 7) is 5.71. The van der Waals surface area contributed by atoms with Crippen LogP contribution in [0.5, 0.6) is 0 Å². The molecule has 8 heteroatoms. The first-order valence-electron chi connectivity index (χ1n) is 9.42. The van der Waals surface area contributed by atoms with E-state index in [1.54, 1.807) is 10.7 Å². The third kappa shape index (κ3) is 5.25. The molecule has 1 unspecified atom stereocenters. The van der Waals surface area contributed by atoms with Gasteiger partial charge >= 0.3 is 0 Å². The summed E-state index contributed by atoms with van der Waals surface area (Å²) in [4.78, 5) is 25.2. The minimum atomic E-state index is -0.634. The van der Waals surface area contributed by atoms with Crippen molar-refractivity contribution < 1.29 is 9.59 Å². The number of aromatic nitrogens is 4. The SMILES string of the molecule is Cc1cc(NC(=O)C(NC(=O)Cc2ccccc2)C(C)C)ccc1-n1cnnn1. The molecule has 8 nitrogen and oxygen atoms in total. The largest absolute Gasteiger partial charge is 0.344 e. The smallest absolute Gasteiger partial charge is 0.247 e. The number of benzene rings is 2. The number of carbonyl (C=O) groups excluding carboxylic acids is 2. The number of carbonyl (C=O) groups is 2. The minimum absolute atomic E-state index is 0.0590. The van der Waals surface area contributed by atoms with E-state index in [-0.39, 0.29) is 24.2 Å². The fraction of sp³-hybridized carbons (Fsp3) is 0.286. The fourth-order valence-electron chi connectivity index (χ4n) is 3.02. The molecular formula is C21H24N6O2. The summed E-state index contributed by atoms with van der Waals surface area (Å²) in [7, 11) is 0. The molecular weight excluding hydrogens is 368 g/mol. The highest BCUT2D eigenvalue weighted by molar-refractivity contribution is 5.97. The number of tetrazole rings is 1. The first-order valence-corrected chi connectivity index (χ1v) is 9.42. The zero-order chi connectivity index (χ0) is 20.8. The minimum Gasteiger partial charge on any atom is -0.344 e. The van der Waals surface area contributed by atoms with E-state index >= 15 is 0 Å². The molecule has 1 heterocycles. The molecule has 0 bridgehead atoms. The third-order valence-electron chi connectivity index (χ3n) is 4.53. The van der Waals surface area contributed by atoms with Crippen LogP contribution in [-0.4, -0.2) is 38.1 Å². The lowest BCUT2D eigenvalue weighted by molar-refractivity contribution is -0.127. The average molecular weight is 392 g/mol. The summed E-state index contributed by atoms with van der Waals surface area (Å²) in [6, 6.07) is 14.3. The Kier molecular flexibility index (Phi) is 6.33. The van der Waals surface area contributed by atoms with E-state index in [0.717, 1.165) is 16.8 Å². The maximum absolute atomic E-state index is 12.8. The van der Waals surface area contributed by atoms with Gasteiger partial charge in [0.25, 0.3) is 0 Å². The van der Waals surface area contributed by atoms with Crippen molar-refractivity contribution in [3.8, 4) is 5.69 Å². The van der Waals surface area contributed by atoms with E-state index in [0.29, 0.717) is 5.69 Å². The highest BCUT2D eigenvalue weighted by atomic mass is 16.2. The molecule has 2 aromatic carbocycles. The van der Waals surface area contributed by atoms with Crippen LogP contribution >= 0.6 is 0 Å². The molecule has 29 heavy (non-hydrogen) atoms. The second kappa shape index (κ2) is 9.09. The van der Waals surface area contributed by atoms with Crippen LogP contribution in [0.4, 0.5) is 5.69 Å². The van der Waals surface area contributed by atoms with Crippen LogP contribution in [0.1, 0.15) is 25.0 Å². The molecule has 0 aliphatic heterocycles. The molecule has 0 aliphatic rings. The van der Waals surface area contributed by atoms with E-state index in [1.807, 2.05) is 63.2 Å². The molecule has 2 amide bonds. The Balaban J connectivity index is 1.66. The molecule has 0 radical (unpaired) electrons. The molecule has 3 rings (SSSR count). The van der Waals surface area contributed by atoms with Crippen LogP contribution in [0.2, 0.25) is 0 Å². The van der Waals surface area contributed by atoms with Crippen LogP contribution in [0, 0.1) is 12.8 Å². The predicted octanol–water partition coefficient (Wildman–Crippen LogP) is 2.29. The number of aryl methyl sites for hydroxylation is 1. The fourth-order valence-corrected chi connectivity index (χ4v) is 3.02. The van der Waals surface area contributed by atoms with Crippen molar-refractivity contribution in [1.82, 2.24) is 25.5 Å². The average Bonchev–Trinajstić information content (AvgIpc) is 3.21. The van der Waals surface area contributed by atoms with Gasteiger partial charge in [0.1, 0.15) is 12.4 Å². The molecule has 1 aromatic heterocycles. The quantitative estimate of drug-likeness (QED) is 0.642. The highest BCUT2D eigenvalue weighted by Gasteiger charge is 2.24. The summed E-state index contributed by atoms with van der Waals surface area (Å²) in [5, 5.41) is 16.9. The molecule has 0 spiro atoms. The Morgan fingerprint density at radius 3 is 2.48 bits per heavy atom. The van der Waals surface area contributed by atoms with Gasteiger partial charge in [0.2, 0.25) is 11.8 Å². The Labute approximate surface area is 169 Å². The van der Waals surface area contributed by atoms with E-state index in [4.69, 9.17) is 0 Å². The Hall–Kier alpha value is -3.55. The summed E-state index contributed by atoms with van der Waals surface area (Å²) in [6.07, 6.45) is 1.74. The second-order valence-electron chi connectivity index (χ2n) is 7.20. The maximum Gasteiger partial charge on any atom is 0.247 e. The summed E-state index contributed by atoms with van der Waals surface area (Å²) >= 11 is 0. The Morgan fingerprint density at radius 1 is 1.10 bits per heavy atom. The number of anilines is 1. The van der Waals surface area contributed by atoms with E-state index in [1.165, 1.54) is 6.33 Å². The molecule has 1 atom stereocenters. The van der Waals surface area contributed by atoms with Gasteiger partial charge < -0.3 is 10.6 Å². The molecule has 0 fully saturated rings. The molecule has 150 valence electrons. The van der Waals surface area contributed by atoms with Crippen molar-refractivity contribution in [2.45, 2.75) is 33.2 Å². The lowest BCUT2D eigenvalue weighted by Gasteiger charge is -2.22. The van der Waals surface area contributed by atoms with Gasteiger partial charge in [-0.2, -0.15) is 0 Å². The second-order valence-corrected chi connectivity index (χ2v) is 7.20. The number of amides is 2.